The SMILES string of the molecule is CCc1[nH]nc(C(=O)N2CCC[C@@H](C(=O)Nc3ccc(-c4cccc(F)c4)cc3)C2)c1C. The van der Waals surface area contributed by atoms with Crippen LogP contribution in [0.15, 0.2) is 48.5 Å². The maximum absolute atomic E-state index is 13.5. The molecule has 1 aromatic heterocycles. The number of halogens is 1. The fourth-order valence-corrected chi connectivity index (χ4v) is 4.17. The van der Waals surface area contributed by atoms with Crippen molar-refractivity contribution in [3.8, 4) is 11.1 Å². The highest BCUT2D eigenvalue weighted by atomic mass is 19.1. The topological polar surface area (TPSA) is 78.1 Å². The second kappa shape index (κ2) is 9.34. The van der Waals surface area contributed by atoms with Crippen LogP contribution in [0.2, 0.25) is 0 Å². The van der Waals surface area contributed by atoms with Gasteiger partial charge in [0.15, 0.2) is 5.69 Å². The van der Waals surface area contributed by atoms with Gasteiger partial charge in [-0.25, -0.2) is 4.39 Å². The van der Waals surface area contributed by atoms with Crippen LogP contribution in [0, 0.1) is 18.7 Å². The average Bonchev–Trinajstić information content (AvgIpc) is 3.19. The number of likely N-dealkylation sites (tertiary alicyclic amines) is 1. The summed E-state index contributed by atoms with van der Waals surface area (Å²) in [7, 11) is 0. The van der Waals surface area contributed by atoms with E-state index in [0.717, 1.165) is 41.6 Å². The van der Waals surface area contributed by atoms with Crippen molar-refractivity contribution in [2.45, 2.75) is 33.1 Å². The Labute approximate surface area is 186 Å². The molecule has 1 saturated heterocycles. The van der Waals surface area contributed by atoms with Crippen molar-refractivity contribution in [1.29, 1.82) is 0 Å². The number of benzene rings is 2. The summed E-state index contributed by atoms with van der Waals surface area (Å²) in [6.45, 7) is 4.91. The number of aromatic amines is 1. The van der Waals surface area contributed by atoms with E-state index >= 15 is 0 Å². The first-order chi connectivity index (χ1) is 15.5. The van der Waals surface area contributed by atoms with Gasteiger partial charge in [-0.1, -0.05) is 31.2 Å². The van der Waals surface area contributed by atoms with Crippen molar-refractivity contribution < 1.29 is 14.0 Å². The Morgan fingerprint density at radius 1 is 1.19 bits per heavy atom. The lowest BCUT2D eigenvalue weighted by molar-refractivity contribution is -0.121. The average molecular weight is 435 g/mol. The molecule has 0 bridgehead atoms. The van der Waals surface area contributed by atoms with Crippen molar-refractivity contribution in [2.75, 3.05) is 18.4 Å². The Hall–Kier alpha value is -3.48. The van der Waals surface area contributed by atoms with Crippen LogP contribution >= 0.6 is 0 Å². The van der Waals surface area contributed by atoms with Crippen molar-refractivity contribution in [3.63, 3.8) is 0 Å². The molecule has 2 N–H and O–H groups in total. The number of carbonyl (C=O) groups is 2. The first kappa shape index (κ1) is 21.7. The molecule has 4 rings (SSSR count). The number of nitrogens with one attached hydrogen (secondary N) is 2. The molecule has 2 heterocycles. The van der Waals surface area contributed by atoms with Gasteiger partial charge in [0.05, 0.1) is 5.92 Å². The molecule has 0 saturated carbocycles. The summed E-state index contributed by atoms with van der Waals surface area (Å²) in [6, 6.07) is 13.7. The van der Waals surface area contributed by atoms with Crippen LogP contribution in [0.5, 0.6) is 0 Å². The molecule has 0 spiro atoms. The molecule has 166 valence electrons. The van der Waals surface area contributed by atoms with E-state index in [1.807, 2.05) is 44.2 Å². The van der Waals surface area contributed by atoms with E-state index < -0.39 is 0 Å². The van der Waals surface area contributed by atoms with Crippen LogP contribution in [0.4, 0.5) is 10.1 Å². The van der Waals surface area contributed by atoms with Gasteiger partial charge in [0.1, 0.15) is 5.82 Å². The maximum Gasteiger partial charge on any atom is 0.274 e. The van der Waals surface area contributed by atoms with Crippen molar-refractivity contribution >= 4 is 17.5 Å². The molecular weight excluding hydrogens is 407 g/mol. The monoisotopic (exact) mass is 434 g/mol. The number of aryl methyl sites for hydroxylation is 1. The predicted octanol–water partition coefficient (Wildman–Crippen LogP) is 4.58. The summed E-state index contributed by atoms with van der Waals surface area (Å²) < 4.78 is 13.5. The zero-order valence-electron chi connectivity index (χ0n) is 18.3. The summed E-state index contributed by atoms with van der Waals surface area (Å²) in [6.07, 6.45) is 2.29. The van der Waals surface area contributed by atoms with Gasteiger partial charge in [-0.05, 0) is 61.6 Å². The van der Waals surface area contributed by atoms with E-state index in [9.17, 15) is 14.0 Å². The van der Waals surface area contributed by atoms with Crippen LogP contribution in [0.3, 0.4) is 0 Å². The minimum atomic E-state index is -0.285. The molecule has 1 fully saturated rings. The van der Waals surface area contributed by atoms with Gasteiger partial charge in [0.2, 0.25) is 5.91 Å². The van der Waals surface area contributed by atoms with Gasteiger partial charge in [-0.15, -0.1) is 0 Å². The zero-order valence-corrected chi connectivity index (χ0v) is 18.3. The summed E-state index contributed by atoms with van der Waals surface area (Å²) in [5.41, 5.74) is 4.61. The minimum absolute atomic E-state index is 0.103. The normalized spacial score (nSPS) is 16.1. The van der Waals surface area contributed by atoms with Crippen LogP contribution in [0.1, 0.15) is 41.5 Å². The summed E-state index contributed by atoms with van der Waals surface area (Å²) >= 11 is 0. The largest absolute Gasteiger partial charge is 0.336 e. The molecule has 0 unspecified atom stereocenters. The van der Waals surface area contributed by atoms with Crippen LogP contribution < -0.4 is 5.32 Å². The van der Waals surface area contributed by atoms with E-state index in [4.69, 9.17) is 0 Å². The zero-order chi connectivity index (χ0) is 22.7. The summed E-state index contributed by atoms with van der Waals surface area (Å²) in [5, 5.41) is 10.1. The van der Waals surface area contributed by atoms with Gasteiger partial charge in [-0.2, -0.15) is 5.10 Å². The molecule has 7 heteroatoms. The lowest BCUT2D eigenvalue weighted by Gasteiger charge is -2.31. The third-order valence-corrected chi connectivity index (χ3v) is 6.06. The lowest BCUT2D eigenvalue weighted by atomic mass is 9.96. The highest BCUT2D eigenvalue weighted by molar-refractivity contribution is 5.96. The molecule has 32 heavy (non-hydrogen) atoms. The highest BCUT2D eigenvalue weighted by Crippen LogP contribution is 2.24. The van der Waals surface area contributed by atoms with Gasteiger partial charge in [-0.3, -0.25) is 14.7 Å². The number of carbonyl (C=O) groups excluding carboxylic acids is 2. The first-order valence-electron chi connectivity index (χ1n) is 11.0. The highest BCUT2D eigenvalue weighted by Gasteiger charge is 2.30. The minimum Gasteiger partial charge on any atom is -0.336 e. The summed E-state index contributed by atoms with van der Waals surface area (Å²) in [4.78, 5) is 27.6. The molecule has 6 nitrogen and oxygen atoms in total. The van der Waals surface area contributed by atoms with E-state index in [1.165, 1.54) is 12.1 Å². The van der Waals surface area contributed by atoms with E-state index in [0.29, 0.717) is 24.5 Å². The van der Waals surface area contributed by atoms with Crippen molar-refractivity contribution in [2.24, 2.45) is 5.92 Å². The Morgan fingerprint density at radius 2 is 1.97 bits per heavy atom. The van der Waals surface area contributed by atoms with Gasteiger partial charge >= 0.3 is 0 Å². The van der Waals surface area contributed by atoms with Crippen LogP contribution in [0.25, 0.3) is 11.1 Å². The Kier molecular flexibility index (Phi) is 6.35. The predicted molar refractivity (Wildman–Crippen MR) is 122 cm³/mol. The standard InChI is InChI=1S/C25H27FN4O2/c1-3-22-16(2)23(29-28-22)25(32)30-13-5-7-19(15-30)24(31)27-21-11-9-17(10-12-21)18-6-4-8-20(26)14-18/h4,6,8-12,14,19H,3,5,7,13,15H2,1-2H3,(H,27,31)(H,28,29)/t19-/m1/s1. The molecule has 2 amide bonds. The summed E-state index contributed by atoms with van der Waals surface area (Å²) in [5.74, 6) is -0.794. The molecule has 1 aliphatic heterocycles. The number of H-pyrrole nitrogens is 1. The number of rotatable bonds is 5. The maximum atomic E-state index is 13.5. The Balaban J connectivity index is 1.40. The number of aromatic nitrogens is 2. The molecule has 0 aliphatic carbocycles. The smallest absolute Gasteiger partial charge is 0.274 e. The third-order valence-electron chi connectivity index (χ3n) is 6.06. The van der Waals surface area contributed by atoms with Gasteiger partial charge in [0.25, 0.3) is 5.91 Å². The number of hydrogen-bond acceptors (Lipinski definition) is 3. The van der Waals surface area contributed by atoms with E-state index in [1.54, 1.807) is 11.0 Å². The lowest BCUT2D eigenvalue weighted by Crippen LogP contribution is -2.44. The number of piperidine rings is 1. The van der Waals surface area contributed by atoms with Crippen LogP contribution in [-0.4, -0.2) is 40.0 Å². The number of hydrogen-bond donors (Lipinski definition) is 2. The number of nitrogens with zero attached hydrogens (tertiary/aromatic N) is 2. The fraction of sp³-hybridized carbons (Fsp3) is 0.320. The van der Waals surface area contributed by atoms with E-state index in [-0.39, 0.29) is 23.5 Å². The second-order valence-electron chi connectivity index (χ2n) is 8.20. The Morgan fingerprint density at radius 3 is 2.66 bits per heavy atom. The third kappa shape index (κ3) is 4.56. The molecular formula is C25H27FN4O2. The van der Waals surface area contributed by atoms with Gasteiger partial charge < -0.3 is 10.2 Å². The molecule has 1 atom stereocenters. The quantitative estimate of drug-likeness (QED) is 0.617. The molecule has 2 aromatic carbocycles. The van der Waals surface area contributed by atoms with Crippen molar-refractivity contribution in [3.05, 3.63) is 71.3 Å². The Bertz CT molecular complexity index is 1120. The van der Waals surface area contributed by atoms with Crippen LogP contribution in [-0.2, 0) is 11.2 Å². The molecule has 1 aliphatic rings. The first-order valence-corrected chi connectivity index (χ1v) is 11.0. The molecule has 0 radical (unpaired) electrons. The number of amides is 2. The molecule has 3 aromatic rings. The number of anilines is 1. The fourth-order valence-electron chi connectivity index (χ4n) is 4.17. The second-order valence-corrected chi connectivity index (χ2v) is 8.20. The van der Waals surface area contributed by atoms with Gasteiger partial charge in [0, 0.05) is 30.0 Å². The van der Waals surface area contributed by atoms with Crippen molar-refractivity contribution in [1.82, 2.24) is 15.1 Å². The van der Waals surface area contributed by atoms with E-state index in [2.05, 4.69) is 15.5 Å².